The van der Waals surface area contributed by atoms with Crippen LogP contribution in [0.3, 0.4) is 0 Å². The molecule has 1 saturated heterocycles. The van der Waals surface area contributed by atoms with Gasteiger partial charge in [0.25, 0.3) is 5.91 Å². The number of hydrogen-bond donors (Lipinski definition) is 1. The lowest BCUT2D eigenvalue weighted by atomic mass is 9.95. The molecule has 0 aliphatic carbocycles. The van der Waals surface area contributed by atoms with Crippen LogP contribution in [0, 0.1) is 0 Å². The van der Waals surface area contributed by atoms with Gasteiger partial charge in [-0.2, -0.15) is 0 Å². The minimum Gasteiger partial charge on any atom is -0.363 e. The predicted molar refractivity (Wildman–Crippen MR) is 104 cm³/mol. The highest BCUT2D eigenvalue weighted by molar-refractivity contribution is 5.83. The fraction of sp³-hybridized carbons (Fsp3) is 0.455. The minimum atomic E-state index is -0.505. The van der Waals surface area contributed by atoms with Crippen molar-refractivity contribution in [1.29, 1.82) is 0 Å². The molecule has 0 radical (unpaired) electrons. The zero-order valence-electron chi connectivity index (χ0n) is 15.6. The van der Waals surface area contributed by atoms with Crippen LogP contribution in [-0.2, 0) is 22.5 Å². The maximum absolute atomic E-state index is 13.6. The lowest BCUT2D eigenvalue weighted by Crippen LogP contribution is -2.44. The standard InChI is InChI=1S/C22H27N3O2/c26-22(21-20-9-2-1-6-17(20)11-15-27-21)25(16-18-7-3-4-13-24-18)19-8-5-12-23-14-10-19/h1-4,6-7,9,13,19,21,23H,5,8,10-12,14-16H2. The molecule has 27 heavy (non-hydrogen) atoms. The van der Waals surface area contributed by atoms with Crippen molar-refractivity contribution in [2.75, 3.05) is 19.7 Å². The Labute approximate surface area is 160 Å². The molecule has 4 rings (SSSR count). The molecule has 1 aromatic heterocycles. The second-order valence-corrected chi connectivity index (χ2v) is 7.32. The number of benzene rings is 1. The molecule has 142 valence electrons. The van der Waals surface area contributed by atoms with Crippen molar-refractivity contribution < 1.29 is 9.53 Å². The summed E-state index contributed by atoms with van der Waals surface area (Å²) in [6.45, 7) is 3.09. The van der Waals surface area contributed by atoms with Crippen LogP contribution in [0.4, 0.5) is 0 Å². The van der Waals surface area contributed by atoms with Crippen molar-refractivity contribution >= 4 is 5.91 Å². The monoisotopic (exact) mass is 365 g/mol. The molecule has 2 unspecified atom stereocenters. The normalized spacial score (nSPS) is 22.5. The summed E-state index contributed by atoms with van der Waals surface area (Å²) in [6.07, 6.45) is 5.22. The number of ether oxygens (including phenoxy) is 1. The van der Waals surface area contributed by atoms with E-state index in [1.54, 1.807) is 6.20 Å². The molecular formula is C22H27N3O2. The van der Waals surface area contributed by atoms with Crippen molar-refractivity contribution in [3.63, 3.8) is 0 Å². The van der Waals surface area contributed by atoms with E-state index in [0.29, 0.717) is 13.2 Å². The first-order valence-electron chi connectivity index (χ1n) is 9.93. The fourth-order valence-corrected chi connectivity index (χ4v) is 4.11. The molecule has 1 aromatic carbocycles. The predicted octanol–water partition coefficient (Wildman–Crippen LogP) is 2.87. The van der Waals surface area contributed by atoms with E-state index in [2.05, 4.69) is 16.4 Å². The second kappa shape index (κ2) is 8.63. The maximum atomic E-state index is 13.6. The molecule has 2 aliphatic heterocycles. The first-order chi connectivity index (χ1) is 13.3. The van der Waals surface area contributed by atoms with E-state index in [1.807, 2.05) is 41.3 Å². The van der Waals surface area contributed by atoms with Crippen LogP contribution in [0.15, 0.2) is 48.7 Å². The Morgan fingerprint density at radius 3 is 2.93 bits per heavy atom. The van der Waals surface area contributed by atoms with E-state index in [-0.39, 0.29) is 11.9 Å². The molecule has 0 bridgehead atoms. The second-order valence-electron chi connectivity index (χ2n) is 7.32. The highest BCUT2D eigenvalue weighted by Gasteiger charge is 2.34. The van der Waals surface area contributed by atoms with Gasteiger partial charge in [0, 0.05) is 12.2 Å². The summed E-state index contributed by atoms with van der Waals surface area (Å²) < 4.78 is 5.98. The highest BCUT2D eigenvalue weighted by atomic mass is 16.5. The number of hydrogen-bond acceptors (Lipinski definition) is 4. The highest BCUT2D eigenvalue weighted by Crippen LogP contribution is 2.30. The molecule has 0 spiro atoms. The number of pyridine rings is 1. The van der Waals surface area contributed by atoms with E-state index in [4.69, 9.17) is 4.74 Å². The van der Waals surface area contributed by atoms with Gasteiger partial charge in [-0.1, -0.05) is 30.3 Å². The summed E-state index contributed by atoms with van der Waals surface area (Å²) in [4.78, 5) is 20.1. The average Bonchev–Trinajstić information content (AvgIpc) is 3.01. The van der Waals surface area contributed by atoms with Crippen LogP contribution in [0.2, 0.25) is 0 Å². The average molecular weight is 365 g/mol. The number of carbonyl (C=O) groups is 1. The molecule has 2 aliphatic rings. The summed E-state index contributed by atoms with van der Waals surface area (Å²) in [7, 11) is 0. The van der Waals surface area contributed by atoms with E-state index >= 15 is 0 Å². The van der Waals surface area contributed by atoms with Crippen molar-refractivity contribution in [3.05, 3.63) is 65.5 Å². The van der Waals surface area contributed by atoms with Gasteiger partial charge in [0.15, 0.2) is 6.10 Å². The number of nitrogens with zero attached hydrogens (tertiary/aromatic N) is 2. The third kappa shape index (κ3) is 4.20. The zero-order valence-corrected chi connectivity index (χ0v) is 15.6. The van der Waals surface area contributed by atoms with E-state index in [0.717, 1.165) is 50.0 Å². The van der Waals surface area contributed by atoms with Gasteiger partial charge in [-0.05, 0) is 62.0 Å². The van der Waals surface area contributed by atoms with Gasteiger partial charge in [0.2, 0.25) is 0 Å². The molecule has 2 atom stereocenters. The topological polar surface area (TPSA) is 54.5 Å². The molecule has 5 heteroatoms. The first kappa shape index (κ1) is 18.1. The van der Waals surface area contributed by atoms with Crippen molar-refractivity contribution in [2.45, 2.75) is 44.4 Å². The lowest BCUT2D eigenvalue weighted by molar-refractivity contribution is -0.148. The lowest BCUT2D eigenvalue weighted by Gasteiger charge is -2.35. The molecule has 2 aromatic rings. The van der Waals surface area contributed by atoms with Gasteiger partial charge in [-0.15, -0.1) is 0 Å². The van der Waals surface area contributed by atoms with Crippen LogP contribution in [-0.4, -0.2) is 41.5 Å². The van der Waals surface area contributed by atoms with Crippen LogP contribution >= 0.6 is 0 Å². The first-order valence-corrected chi connectivity index (χ1v) is 9.93. The van der Waals surface area contributed by atoms with Gasteiger partial charge in [0.05, 0.1) is 18.8 Å². The Hall–Kier alpha value is -2.24. The third-order valence-electron chi connectivity index (χ3n) is 5.55. The molecule has 1 N–H and O–H groups in total. The van der Waals surface area contributed by atoms with Gasteiger partial charge >= 0.3 is 0 Å². The number of nitrogens with one attached hydrogen (secondary N) is 1. The zero-order chi connectivity index (χ0) is 18.5. The number of amides is 1. The number of fused-ring (bicyclic) bond motifs is 1. The van der Waals surface area contributed by atoms with Crippen LogP contribution in [0.5, 0.6) is 0 Å². The minimum absolute atomic E-state index is 0.0692. The van der Waals surface area contributed by atoms with E-state index in [1.165, 1.54) is 5.56 Å². The van der Waals surface area contributed by atoms with Crippen molar-refractivity contribution in [1.82, 2.24) is 15.2 Å². The Morgan fingerprint density at radius 2 is 2.04 bits per heavy atom. The van der Waals surface area contributed by atoms with Crippen molar-refractivity contribution in [3.8, 4) is 0 Å². The summed E-state index contributed by atoms with van der Waals surface area (Å²) in [5.74, 6) is 0.0692. The molecule has 5 nitrogen and oxygen atoms in total. The molecular weight excluding hydrogens is 338 g/mol. The molecule has 1 fully saturated rings. The Morgan fingerprint density at radius 1 is 1.15 bits per heavy atom. The summed E-state index contributed by atoms with van der Waals surface area (Å²) in [6, 6.07) is 14.3. The Balaban J connectivity index is 1.62. The molecule has 0 saturated carbocycles. The summed E-state index contributed by atoms with van der Waals surface area (Å²) in [5, 5.41) is 3.45. The maximum Gasteiger partial charge on any atom is 0.256 e. The van der Waals surface area contributed by atoms with Crippen molar-refractivity contribution in [2.24, 2.45) is 0 Å². The Kier molecular flexibility index (Phi) is 5.80. The fourth-order valence-electron chi connectivity index (χ4n) is 4.11. The smallest absolute Gasteiger partial charge is 0.256 e. The number of aromatic nitrogens is 1. The summed E-state index contributed by atoms with van der Waals surface area (Å²) >= 11 is 0. The van der Waals surface area contributed by atoms with E-state index in [9.17, 15) is 4.79 Å². The van der Waals surface area contributed by atoms with Gasteiger partial charge in [0.1, 0.15) is 0 Å². The SMILES string of the molecule is O=C(C1OCCc2ccccc21)N(Cc1ccccn1)C1CCCNCC1. The van der Waals surface area contributed by atoms with E-state index < -0.39 is 6.10 Å². The Bertz CT molecular complexity index is 757. The third-order valence-corrected chi connectivity index (χ3v) is 5.55. The van der Waals surface area contributed by atoms with Gasteiger partial charge < -0.3 is 15.0 Å². The van der Waals surface area contributed by atoms with Crippen LogP contribution in [0.1, 0.15) is 42.2 Å². The molecule has 3 heterocycles. The number of carbonyl (C=O) groups excluding carboxylic acids is 1. The number of rotatable bonds is 4. The van der Waals surface area contributed by atoms with Crippen LogP contribution < -0.4 is 5.32 Å². The largest absolute Gasteiger partial charge is 0.363 e. The van der Waals surface area contributed by atoms with Gasteiger partial charge in [-0.25, -0.2) is 0 Å². The van der Waals surface area contributed by atoms with Gasteiger partial charge in [-0.3, -0.25) is 9.78 Å². The molecule has 1 amide bonds. The quantitative estimate of drug-likeness (QED) is 0.905. The van der Waals surface area contributed by atoms with Crippen LogP contribution in [0.25, 0.3) is 0 Å². The summed E-state index contributed by atoms with van der Waals surface area (Å²) in [5.41, 5.74) is 3.17.